The molecule has 0 bridgehead atoms. The molecule has 0 radical (unpaired) electrons. The monoisotopic (exact) mass is 340 g/mol. The summed E-state index contributed by atoms with van der Waals surface area (Å²) < 4.78 is 20.4. The Morgan fingerprint density at radius 3 is 3.00 bits per heavy atom. The van der Waals surface area contributed by atoms with Crippen molar-refractivity contribution in [3.63, 3.8) is 0 Å². The molecule has 5 nitrogen and oxygen atoms in total. The highest BCUT2D eigenvalue weighted by Crippen LogP contribution is 2.26. The fraction of sp³-hybridized carbons (Fsp3) is 0.231. The molecule has 1 aromatic carbocycles. The fourth-order valence-electron chi connectivity index (χ4n) is 2.24. The minimum absolute atomic E-state index is 0.0138. The third kappa shape index (κ3) is 2.12. The molecule has 0 saturated carbocycles. The maximum absolute atomic E-state index is 13.3. The first-order valence-corrected chi connectivity index (χ1v) is 6.74. The van der Waals surface area contributed by atoms with E-state index in [-0.39, 0.29) is 18.1 Å². The molecule has 20 heavy (non-hydrogen) atoms. The summed E-state index contributed by atoms with van der Waals surface area (Å²) in [4.78, 5) is 11.2. The van der Waals surface area contributed by atoms with Crippen LogP contribution in [-0.4, -0.2) is 27.5 Å². The summed E-state index contributed by atoms with van der Waals surface area (Å²) in [5, 5.41) is 13.3. The van der Waals surface area contributed by atoms with Crippen molar-refractivity contribution >= 4 is 21.9 Å². The largest absolute Gasteiger partial charge is 0.476 e. The Bertz CT molecular complexity index is 699. The van der Waals surface area contributed by atoms with E-state index in [1.54, 1.807) is 16.8 Å². The lowest BCUT2D eigenvalue weighted by atomic mass is 10.1. The molecule has 2 aromatic rings. The maximum Gasteiger partial charge on any atom is 0.356 e. The molecular weight excluding hydrogens is 331 g/mol. The van der Waals surface area contributed by atoms with Gasteiger partial charge in [-0.2, -0.15) is 5.10 Å². The highest BCUT2D eigenvalue weighted by atomic mass is 79.9. The molecule has 1 aliphatic rings. The van der Waals surface area contributed by atoms with Gasteiger partial charge in [-0.1, -0.05) is 0 Å². The maximum atomic E-state index is 13.3. The van der Waals surface area contributed by atoms with Gasteiger partial charge in [0.25, 0.3) is 0 Å². The molecule has 1 aliphatic heterocycles. The van der Waals surface area contributed by atoms with E-state index in [9.17, 15) is 14.3 Å². The van der Waals surface area contributed by atoms with Crippen LogP contribution in [0.15, 0.2) is 22.7 Å². The molecule has 0 aliphatic carbocycles. The summed E-state index contributed by atoms with van der Waals surface area (Å²) in [5.74, 6) is -1.47. The predicted octanol–water partition coefficient (Wildman–Crippen LogP) is 2.54. The van der Waals surface area contributed by atoms with Gasteiger partial charge in [-0.25, -0.2) is 13.9 Å². The number of nitrogens with zero attached hydrogens (tertiary/aromatic N) is 2. The molecule has 7 heteroatoms. The third-order valence-corrected chi connectivity index (χ3v) is 3.78. The molecular formula is C13H10BrFN2O3. The Morgan fingerprint density at radius 1 is 1.50 bits per heavy atom. The van der Waals surface area contributed by atoms with E-state index in [1.165, 1.54) is 6.07 Å². The minimum Gasteiger partial charge on any atom is -0.476 e. The zero-order valence-electron chi connectivity index (χ0n) is 10.3. The van der Waals surface area contributed by atoms with Gasteiger partial charge in [0.15, 0.2) is 5.69 Å². The van der Waals surface area contributed by atoms with Crippen molar-refractivity contribution in [3.05, 3.63) is 45.4 Å². The lowest BCUT2D eigenvalue weighted by Gasteiger charge is -2.15. The highest BCUT2D eigenvalue weighted by molar-refractivity contribution is 9.10. The van der Waals surface area contributed by atoms with E-state index in [4.69, 9.17) is 4.74 Å². The van der Waals surface area contributed by atoms with E-state index in [0.717, 1.165) is 5.69 Å². The van der Waals surface area contributed by atoms with Gasteiger partial charge < -0.3 is 9.84 Å². The van der Waals surface area contributed by atoms with Gasteiger partial charge in [0.2, 0.25) is 0 Å². The minimum atomic E-state index is -1.09. The van der Waals surface area contributed by atoms with Crippen LogP contribution >= 0.6 is 15.9 Å². The number of aromatic nitrogens is 2. The average molecular weight is 341 g/mol. The molecule has 0 amide bonds. The van der Waals surface area contributed by atoms with Crippen LogP contribution in [0.5, 0.6) is 0 Å². The first kappa shape index (κ1) is 13.3. The third-order valence-electron chi connectivity index (χ3n) is 3.17. The second kappa shape index (κ2) is 4.99. The Balaban J connectivity index is 2.18. The molecule has 0 atom stereocenters. The van der Waals surface area contributed by atoms with Crippen molar-refractivity contribution in [2.24, 2.45) is 0 Å². The van der Waals surface area contributed by atoms with Crippen molar-refractivity contribution in [1.82, 2.24) is 9.78 Å². The molecule has 1 N–H and O–H groups in total. The van der Waals surface area contributed by atoms with Crippen LogP contribution in [-0.2, 0) is 17.8 Å². The first-order chi connectivity index (χ1) is 9.58. The average Bonchev–Trinajstić information content (AvgIpc) is 2.82. The van der Waals surface area contributed by atoms with E-state index in [1.807, 2.05) is 0 Å². The first-order valence-electron chi connectivity index (χ1n) is 5.95. The van der Waals surface area contributed by atoms with E-state index >= 15 is 0 Å². The van der Waals surface area contributed by atoms with Crippen LogP contribution in [0.1, 0.15) is 21.7 Å². The van der Waals surface area contributed by atoms with Crippen LogP contribution < -0.4 is 0 Å². The van der Waals surface area contributed by atoms with Gasteiger partial charge in [-0.3, -0.25) is 0 Å². The van der Waals surface area contributed by atoms with Crippen LogP contribution in [0.3, 0.4) is 0 Å². The highest BCUT2D eigenvalue weighted by Gasteiger charge is 2.25. The molecule has 3 rings (SSSR count). The van der Waals surface area contributed by atoms with Crippen molar-refractivity contribution in [2.75, 3.05) is 6.61 Å². The van der Waals surface area contributed by atoms with Gasteiger partial charge in [-0.05, 0) is 34.1 Å². The number of aromatic carboxylic acids is 1. The number of hydrogen-bond acceptors (Lipinski definition) is 3. The summed E-state index contributed by atoms with van der Waals surface area (Å²) in [7, 11) is 0. The lowest BCUT2D eigenvalue weighted by Crippen LogP contribution is -2.13. The Morgan fingerprint density at radius 2 is 2.30 bits per heavy atom. The van der Waals surface area contributed by atoms with Gasteiger partial charge in [0.05, 0.1) is 29.1 Å². The zero-order valence-corrected chi connectivity index (χ0v) is 11.9. The second-order valence-electron chi connectivity index (χ2n) is 4.39. The molecule has 1 aromatic heterocycles. The van der Waals surface area contributed by atoms with Gasteiger partial charge in [0, 0.05) is 12.0 Å². The topological polar surface area (TPSA) is 64.3 Å². The smallest absolute Gasteiger partial charge is 0.356 e. The standard InChI is InChI=1S/C13H10BrFN2O3/c14-9-5-7(1-2-10(9)15)17-11-3-4-20-6-8(11)12(16-17)13(18)19/h1-2,5H,3-4,6H2,(H,18,19). The van der Waals surface area contributed by atoms with Gasteiger partial charge in [0.1, 0.15) is 5.82 Å². The van der Waals surface area contributed by atoms with Crippen molar-refractivity contribution < 1.29 is 19.0 Å². The molecule has 104 valence electrons. The summed E-state index contributed by atoms with van der Waals surface area (Å²) in [6.45, 7) is 0.749. The lowest BCUT2D eigenvalue weighted by molar-refractivity contribution is 0.0677. The fourth-order valence-corrected chi connectivity index (χ4v) is 2.61. The van der Waals surface area contributed by atoms with Gasteiger partial charge >= 0.3 is 5.97 Å². The molecule has 2 heterocycles. The number of rotatable bonds is 2. The number of carboxylic acid groups (broad SMARTS) is 1. The Hall–Kier alpha value is -1.73. The number of carbonyl (C=O) groups is 1. The normalized spacial score (nSPS) is 14.1. The van der Waals surface area contributed by atoms with Crippen LogP contribution in [0, 0.1) is 5.82 Å². The number of halogens is 2. The van der Waals surface area contributed by atoms with Crippen molar-refractivity contribution in [3.8, 4) is 5.69 Å². The summed E-state index contributed by atoms with van der Waals surface area (Å²) >= 11 is 3.12. The molecule has 0 saturated heterocycles. The molecule has 0 unspecified atom stereocenters. The van der Waals surface area contributed by atoms with E-state index in [0.29, 0.717) is 28.8 Å². The predicted molar refractivity (Wildman–Crippen MR) is 71.5 cm³/mol. The quantitative estimate of drug-likeness (QED) is 0.912. The van der Waals surface area contributed by atoms with Crippen LogP contribution in [0.4, 0.5) is 4.39 Å². The van der Waals surface area contributed by atoms with E-state index in [2.05, 4.69) is 21.0 Å². The zero-order chi connectivity index (χ0) is 14.3. The van der Waals surface area contributed by atoms with Gasteiger partial charge in [-0.15, -0.1) is 0 Å². The van der Waals surface area contributed by atoms with Crippen LogP contribution in [0.2, 0.25) is 0 Å². The number of carboxylic acids is 1. The van der Waals surface area contributed by atoms with Crippen molar-refractivity contribution in [2.45, 2.75) is 13.0 Å². The second-order valence-corrected chi connectivity index (χ2v) is 5.25. The molecule has 0 spiro atoms. The summed E-state index contributed by atoms with van der Waals surface area (Å²) in [6.07, 6.45) is 0.574. The Labute approximate surface area is 122 Å². The number of hydrogen-bond donors (Lipinski definition) is 1. The van der Waals surface area contributed by atoms with Crippen molar-refractivity contribution in [1.29, 1.82) is 0 Å². The number of ether oxygens (including phenoxy) is 1. The van der Waals surface area contributed by atoms with E-state index < -0.39 is 5.97 Å². The number of benzene rings is 1. The molecule has 0 fully saturated rings. The Kier molecular flexibility index (Phi) is 3.31. The SMILES string of the molecule is O=C(O)c1nn(-c2ccc(F)c(Br)c2)c2c1COCC2. The number of fused-ring (bicyclic) bond motifs is 1. The van der Waals surface area contributed by atoms with Crippen LogP contribution in [0.25, 0.3) is 5.69 Å². The summed E-state index contributed by atoms with van der Waals surface area (Å²) in [6, 6.07) is 4.45. The summed E-state index contributed by atoms with van der Waals surface area (Å²) in [5.41, 5.74) is 1.99.